The van der Waals surface area contributed by atoms with Crippen molar-refractivity contribution in [2.24, 2.45) is 11.3 Å². The molecule has 1 aromatic heterocycles. The molecule has 2 heteroatoms. The van der Waals surface area contributed by atoms with E-state index in [-0.39, 0.29) is 0 Å². The van der Waals surface area contributed by atoms with Crippen LogP contribution in [0.25, 0.3) is 0 Å². The van der Waals surface area contributed by atoms with Gasteiger partial charge in [0, 0.05) is 15.8 Å². The molecule has 1 N–H and O–H groups in total. The summed E-state index contributed by atoms with van der Waals surface area (Å²) in [5.41, 5.74) is 0.567. The fourth-order valence-corrected chi connectivity index (χ4v) is 3.77. The van der Waals surface area contributed by atoms with E-state index in [1.165, 1.54) is 24.1 Å². The van der Waals surface area contributed by atoms with Gasteiger partial charge in [0.25, 0.3) is 0 Å². The highest BCUT2D eigenvalue weighted by Gasteiger charge is 2.49. The Morgan fingerprint density at radius 1 is 1.35 bits per heavy atom. The van der Waals surface area contributed by atoms with Gasteiger partial charge in [-0.05, 0) is 49.3 Å². The Labute approximate surface area is 110 Å². The molecule has 2 rings (SSSR count). The third-order valence-electron chi connectivity index (χ3n) is 4.03. The zero-order valence-electron chi connectivity index (χ0n) is 11.5. The fraction of sp³-hybridized carbons (Fsp3) is 0.733. The zero-order valence-corrected chi connectivity index (χ0v) is 12.4. The molecule has 1 heterocycles. The maximum absolute atomic E-state index is 3.68. The van der Waals surface area contributed by atoms with Crippen LogP contribution >= 0.6 is 11.3 Å². The molecule has 1 fully saturated rings. The third kappa shape index (κ3) is 3.11. The van der Waals surface area contributed by atoms with E-state index in [0.717, 1.165) is 12.5 Å². The summed E-state index contributed by atoms with van der Waals surface area (Å²) in [5.74, 6) is 0.870. The summed E-state index contributed by atoms with van der Waals surface area (Å²) in [6.45, 7) is 10.3. The molecular formula is C15H25NS. The topological polar surface area (TPSA) is 12.0 Å². The third-order valence-corrected chi connectivity index (χ3v) is 5.28. The van der Waals surface area contributed by atoms with Gasteiger partial charge in [0.15, 0.2) is 0 Å². The first-order valence-corrected chi connectivity index (χ1v) is 7.69. The van der Waals surface area contributed by atoms with Gasteiger partial charge in [-0.1, -0.05) is 27.7 Å². The molecule has 1 aliphatic carbocycles. The maximum Gasteiger partial charge on any atom is 0.0149 e. The van der Waals surface area contributed by atoms with Crippen molar-refractivity contribution >= 4 is 11.3 Å². The number of likely N-dealkylation sites (N-methyl/N-ethyl adjacent to an activating group) is 1. The van der Waals surface area contributed by atoms with Crippen molar-refractivity contribution in [1.29, 1.82) is 0 Å². The summed E-state index contributed by atoms with van der Waals surface area (Å²) in [5, 5.41) is 3.68. The first-order valence-electron chi connectivity index (χ1n) is 6.87. The van der Waals surface area contributed by atoms with Gasteiger partial charge in [-0.25, -0.2) is 0 Å². The molecule has 1 saturated carbocycles. The van der Waals surface area contributed by atoms with Gasteiger partial charge < -0.3 is 5.32 Å². The van der Waals surface area contributed by atoms with Crippen LogP contribution in [0.1, 0.15) is 43.9 Å². The molecule has 1 nitrogen and oxygen atoms in total. The maximum atomic E-state index is 3.68. The SMILES string of the molecule is CCNC(Cc1ccc(CC)s1)C1CC1(C)C. The molecule has 0 saturated heterocycles. The molecule has 0 aromatic carbocycles. The second kappa shape index (κ2) is 5.11. The van der Waals surface area contributed by atoms with Gasteiger partial charge in [0.2, 0.25) is 0 Å². The molecule has 0 aliphatic heterocycles. The quantitative estimate of drug-likeness (QED) is 0.809. The summed E-state index contributed by atoms with van der Waals surface area (Å²) in [7, 11) is 0. The molecular weight excluding hydrogens is 226 g/mol. The Kier molecular flexibility index (Phi) is 3.94. The highest BCUT2D eigenvalue weighted by molar-refractivity contribution is 7.11. The van der Waals surface area contributed by atoms with Crippen LogP contribution in [0.3, 0.4) is 0 Å². The number of nitrogens with one attached hydrogen (secondary N) is 1. The van der Waals surface area contributed by atoms with E-state index in [1.54, 1.807) is 4.88 Å². The molecule has 0 radical (unpaired) electrons. The van der Waals surface area contributed by atoms with Crippen molar-refractivity contribution in [1.82, 2.24) is 5.32 Å². The Morgan fingerprint density at radius 3 is 2.47 bits per heavy atom. The van der Waals surface area contributed by atoms with Gasteiger partial charge >= 0.3 is 0 Å². The average Bonchev–Trinajstić information content (AvgIpc) is 2.74. The lowest BCUT2D eigenvalue weighted by molar-refractivity contribution is 0.411. The number of thiophene rings is 1. The van der Waals surface area contributed by atoms with E-state index in [4.69, 9.17) is 0 Å². The molecule has 0 amide bonds. The number of hydrogen-bond acceptors (Lipinski definition) is 2. The molecule has 2 atom stereocenters. The second-order valence-corrected chi connectivity index (χ2v) is 7.14. The average molecular weight is 251 g/mol. The monoisotopic (exact) mass is 251 g/mol. The van der Waals surface area contributed by atoms with Crippen molar-refractivity contribution < 1.29 is 0 Å². The Hall–Kier alpha value is -0.340. The normalized spacial score (nSPS) is 23.6. The Bertz CT molecular complexity index is 367. The van der Waals surface area contributed by atoms with Crippen molar-refractivity contribution in [3.8, 4) is 0 Å². The highest BCUT2D eigenvalue weighted by Crippen LogP contribution is 2.54. The van der Waals surface area contributed by atoms with Gasteiger partial charge in [-0.3, -0.25) is 0 Å². The molecule has 0 bridgehead atoms. The minimum absolute atomic E-state index is 0.567. The Morgan fingerprint density at radius 2 is 2.00 bits per heavy atom. The van der Waals surface area contributed by atoms with Crippen molar-refractivity contribution in [2.45, 2.75) is 53.0 Å². The van der Waals surface area contributed by atoms with Gasteiger partial charge in [-0.15, -0.1) is 11.3 Å². The van der Waals surface area contributed by atoms with Crippen molar-refractivity contribution in [3.05, 3.63) is 21.9 Å². The van der Waals surface area contributed by atoms with Crippen LogP contribution in [0.5, 0.6) is 0 Å². The van der Waals surface area contributed by atoms with Crippen LogP contribution in [-0.4, -0.2) is 12.6 Å². The highest BCUT2D eigenvalue weighted by atomic mass is 32.1. The molecule has 1 aliphatic rings. The predicted molar refractivity (Wildman–Crippen MR) is 76.8 cm³/mol. The van der Waals surface area contributed by atoms with Crippen molar-refractivity contribution in [2.75, 3.05) is 6.54 Å². The van der Waals surface area contributed by atoms with Gasteiger partial charge in [0.05, 0.1) is 0 Å². The van der Waals surface area contributed by atoms with Gasteiger partial charge in [-0.2, -0.15) is 0 Å². The second-order valence-electron chi connectivity index (χ2n) is 5.89. The molecule has 0 spiro atoms. The van der Waals surface area contributed by atoms with E-state index in [9.17, 15) is 0 Å². The molecule has 1 aromatic rings. The van der Waals surface area contributed by atoms with E-state index in [1.807, 2.05) is 11.3 Å². The lowest BCUT2D eigenvalue weighted by Gasteiger charge is -2.18. The summed E-state index contributed by atoms with van der Waals surface area (Å²) in [6, 6.07) is 5.29. The molecule has 96 valence electrons. The fourth-order valence-electron chi connectivity index (χ4n) is 2.75. The van der Waals surface area contributed by atoms with E-state index in [2.05, 4.69) is 45.1 Å². The van der Waals surface area contributed by atoms with Crippen LogP contribution in [0, 0.1) is 11.3 Å². The van der Waals surface area contributed by atoms with Crippen LogP contribution < -0.4 is 5.32 Å². The molecule has 17 heavy (non-hydrogen) atoms. The first-order chi connectivity index (χ1) is 8.06. The summed E-state index contributed by atoms with van der Waals surface area (Å²) in [4.78, 5) is 3.07. The van der Waals surface area contributed by atoms with Gasteiger partial charge in [0.1, 0.15) is 0 Å². The lowest BCUT2D eigenvalue weighted by Crippen LogP contribution is -2.34. The van der Waals surface area contributed by atoms with Crippen molar-refractivity contribution in [3.63, 3.8) is 0 Å². The smallest absolute Gasteiger partial charge is 0.0149 e. The summed E-state index contributed by atoms with van der Waals surface area (Å²) >= 11 is 1.99. The summed E-state index contributed by atoms with van der Waals surface area (Å²) < 4.78 is 0. The first kappa shape index (κ1) is 13.1. The van der Waals surface area contributed by atoms with E-state index >= 15 is 0 Å². The Balaban J connectivity index is 1.98. The lowest BCUT2D eigenvalue weighted by atomic mass is 10.0. The molecule has 2 unspecified atom stereocenters. The van der Waals surface area contributed by atoms with E-state index in [0.29, 0.717) is 11.5 Å². The number of aryl methyl sites for hydroxylation is 1. The minimum Gasteiger partial charge on any atom is -0.314 e. The summed E-state index contributed by atoms with van der Waals surface area (Å²) in [6.07, 6.45) is 3.77. The van der Waals surface area contributed by atoms with Crippen LogP contribution in [0.15, 0.2) is 12.1 Å². The van der Waals surface area contributed by atoms with Crippen LogP contribution in [-0.2, 0) is 12.8 Å². The zero-order chi connectivity index (χ0) is 12.5. The van der Waals surface area contributed by atoms with Crippen LogP contribution in [0.2, 0.25) is 0 Å². The largest absolute Gasteiger partial charge is 0.314 e. The van der Waals surface area contributed by atoms with E-state index < -0.39 is 0 Å². The van der Waals surface area contributed by atoms with Crippen LogP contribution in [0.4, 0.5) is 0 Å². The minimum atomic E-state index is 0.567. The number of hydrogen-bond donors (Lipinski definition) is 1. The standard InChI is InChI=1S/C15H25NS/c1-5-11-7-8-12(17-11)9-14(16-6-2)13-10-15(13,3)4/h7-8,13-14,16H,5-6,9-10H2,1-4H3. The number of rotatable bonds is 6. The predicted octanol–water partition coefficient (Wildman–Crippen LogP) is 3.88.